The van der Waals surface area contributed by atoms with Crippen LogP contribution in [-0.2, 0) is 0 Å². The van der Waals surface area contributed by atoms with Gasteiger partial charge in [-0.2, -0.15) is 0 Å². The maximum Gasteiger partial charge on any atom is 0.123 e. The largest absolute Gasteiger partial charge is 0.235 e. The van der Waals surface area contributed by atoms with E-state index in [4.69, 9.17) is 0 Å². The van der Waals surface area contributed by atoms with E-state index < -0.39 is 0 Å². The van der Waals surface area contributed by atoms with E-state index in [2.05, 4.69) is 36.8 Å². The fourth-order valence-corrected chi connectivity index (χ4v) is 3.71. The lowest BCUT2D eigenvalue weighted by molar-refractivity contribution is 0.628. The Bertz CT molecular complexity index is 808. The summed E-state index contributed by atoms with van der Waals surface area (Å²) < 4.78 is 14.9. The molecule has 0 aliphatic carbocycles. The van der Waals surface area contributed by atoms with Crippen LogP contribution in [0.2, 0.25) is 0 Å². The maximum absolute atomic E-state index is 12.9. The van der Waals surface area contributed by atoms with Crippen molar-refractivity contribution in [3.8, 4) is 11.3 Å². The SMILES string of the molecule is Fc1ccc(/C=C/c2nc(-c3ccc(Br)cc3)c(Br)s2)cc1. The minimum Gasteiger partial charge on any atom is -0.235 e. The third-order valence-electron chi connectivity index (χ3n) is 3.01. The highest BCUT2D eigenvalue weighted by atomic mass is 79.9. The van der Waals surface area contributed by atoms with Crippen LogP contribution in [0.15, 0.2) is 56.8 Å². The Balaban J connectivity index is 1.85. The average Bonchev–Trinajstić information content (AvgIpc) is 2.89. The summed E-state index contributed by atoms with van der Waals surface area (Å²) in [7, 11) is 0. The zero-order chi connectivity index (χ0) is 15.5. The van der Waals surface area contributed by atoms with E-state index in [1.807, 2.05) is 36.4 Å². The van der Waals surface area contributed by atoms with Crippen molar-refractivity contribution < 1.29 is 4.39 Å². The van der Waals surface area contributed by atoms with Crippen LogP contribution < -0.4 is 0 Å². The van der Waals surface area contributed by atoms with Crippen molar-refractivity contribution in [1.29, 1.82) is 0 Å². The predicted molar refractivity (Wildman–Crippen MR) is 98.3 cm³/mol. The summed E-state index contributed by atoms with van der Waals surface area (Å²) in [6.07, 6.45) is 3.86. The number of rotatable bonds is 3. The van der Waals surface area contributed by atoms with E-state index in [9.17, 15) is 4.39 Å². The molecule has 2 aromatic carbocycles. The minimum atomic E-state index is -0.230. The number of hydrogen-bond donors (Lipinski definition) is 0. The van der Waals surface area contributed by atoms with Crippen molar-refractivity contribution in [2.24, 2.45) is 0 Å². The molecule has 0 aliphatic heterocycles. The zero-order valence-electron chi connectivity index (χ0n) is 11.3. The second-order valence-electron chi connectivity index (χ2n) is 4.57. The van der Waals surface area contributed by atoms with E-state index in [1.165, 1.54) is 12.1 Å². The van der Waals surface area contributed by atoms with Gasteiger partial charge in [-0.1, -0.05) is 46.3 Å². The van der Waals surface area contributed by atoms with Crippen LogP contribution in [0, 0.1) is 5.82 Å². The summed E-state index contributed by atoms with van der Waals surface area (Å²) in [6, 6.07) is 14.4. The summed E-state index contributed by atoms with van der Waals surface area (Å²) >= 11 is 8.57. The van der Waals surface area contributed by atoms with Crippen molar-refractivity contribution in [3.05, 3.63) is 73.2 Å². The number of hydrogen-bond acceptors (Lipinski definition) is 2. The Hall–Kier alpha value is -1.30. The first-order valence-electron chi connectivity index (χ1n) is 6.48. The summed E-state index contributed by atoms with van der Waals surface area (Å²) in [5.74, 6) is -0.230. The number of halogens is 3. The van der Waals surface area contributed by atoms with Gasteiger partial charge in [-0.05, 0) is 51.8 Å². The molecule has 1 nitrogen and oxygen atoms in total. The summed E-state index contributed by atoms with van der Waals surface area (Å²) in [5.41, 5.74) is 2.93. The molecule has 0 N–H and O–H groups in total. The molecule has 0 radical (unpaired) electrons. The molecule has 22 heavy (non-hydrogen) atoms. The Morgan fingerprint density at radius 2 is 1.59 bits per heavy atom. The molecule has 0 saturated carbocycles. The summed E-state index contributed by atoms with van der Waals surface area (Å²) in [5, 5.41) is 0.897. The third kappa shape index (κ3) is 3.72. The molecule has 0 atom stereocenters. The summed E-state index contributed by atoms with van der Waals surface area (Å²) in [6.45, 7) is 0. The van der Waals surface area contributed by atoms with Gasteiger partial charge in [-0.3, -0.25) is 0 Å². The van der Waals surface area contributed by atoms with Crippen LogP contribution in [0.1, 0.15) is 10.6 Å². The van der Waals surface area contributed by atoms with Crippen molar-refractivity contribution in [2.75, 3.05) is 0 Å². The first-order valence-corrected chi connectivity index (χ1v) is 8.88. The Morgan fingerprint density at radius 3 is 2.27 bits per heavy atom. The first-order chi connectivity index (χ1) is 10.6. The van der Waals surface area contributed by atoms with Crippen LogP contribution >= 0.6 is 43.2 Å². The van der Waals surface area contributed by atoms with Crippen molar-refractivity contribution >= 4 is 55.3 Å². The second-order valence-corrected chi connectivity index (χ2v) is 7.83. The van der Waals surface area contributed by atoms with E-state index in [-0.39, 0.29) is 5.82 Å². The molecule has 0 fully saturated rings. The third-order valence-corrected chi connectivity index (χ3v) is 5.21. The molecule has 0 unspecified atom stereocenters. The molecule has 3 aromatic rings. The molecule has 0 amide bonds. The smallest absolute Gasteiger partial charge is 0.123 e. The molecule has 0 spiro atoms. The van der Waals surface area contributed by atoms with Gasteiger partial charge in [0.05, 0.1) is 9.48 Å². The minimum absolute atomic E-state index is 0.230. The standard InChI is InChI=1S/C17H10Br2FNS/c18-13-6-4-12(5-7-13)16-17(19)22-15(21-16)10-3-11-1-8-14(20)9-2-11/h1-10H/b10-3+. The fraction of sp³-hybridized carbons (Fsp3) is 0. The van der Waals surface area contributed by atoms with Gasteiger partial charge >= 0.3 is 0 Å². The van der Waals surface area contributed by atoms with E-state index in [0.29, 0.717) is 0 Å². The van der Waals surface area contributed by atoms with E-state index in [0.717, 1.165) is 30.1 Å². The molecule has 3 rings (SSSR count). The molecule has 5 heteroatoms. The molecule has 0 saturated heterocycles. The lowest BCUT2D eigenvalue weighted by Gasteiger charge is -1.97. The van der Waals surface area contributed by atoms with Gasteiger partial charge in [0, 0.05) is 10.0 Å². The normalized spacial score (nSPS) is 11.2. The molecule has 110 valence electrons. The van der Waals surface area contributed by atoms with Crippen molar-refractivity contribution in [1.82, 2.24) is 4.98 Å². The van der Waals surface area contributed by atoms with Gasteiger partial charge < -0.3 is 0 Å². The highest BCUT2D eigenvalue weighted by Gasteiger charge is 2.09. The van der Waals surface area contributed by atoms with Crippen molar-refractivity contribution in [2.45, 2.75) is 0 Å². The molecule has 1 aromatic heterocycles. The molecule has 0 aliphatic rings. The van der Waals surface area contributed by atoms with Crippen LogP contribution in [0.25, 0.3) is 23.4 Å². The zero-order valence-corrected chi connectivity index (χ0v) is 15.3. The van der Waals surface area contributed by atoms with Crippen LogP contribution in [0.4, 0.5) is 4.39 Å². The monoisotopic (exact) mass is 437 g/mol. The lowest BCUT2D eigenvalue weighted by atomic mass is 10.2. The van der Waals surface area contributed by atoms with E-state index >= 15 is 0 Å². The van der Waals surface area contributed by atoms with Crippen LogP contribution in [0.5, 0.6) is 0 Å². The van der Waals surface area contributed by atoms with Crippen LogP contribution in [-0.4, -0.2) is 4.98 Å². The predicted octanol–water partition coefficient (Wildman–Crippen LogP) is 6.64. The fourth-order valence-electron chi connectivity index (χ4n) is 1.92. The van der Waals surface area contributed by atoms with E-state index in [1.54, 1.807) is 23.5 Å². The topological polar surface area (TPSA) is 12.9 Å². The number of thiazole rings is 1. The molecular formula is C17H10Br2FNS. The quantitative estimate of drug-likeness (QED) is 0.446. The molecule has 0 bridgehead atoms. The van der Waals surface area contributed by atoms with Crippen LogP contribution in [0.3, 0.4) is 0 Å². The Labute approximate surface area is 148 Å². The van der Waals surface area contributed by atoms with Gasteiger partial charge in [0.25, 0.3) is 0 Å². The highest BCUT2D eigenvalue weighted by molar-refractivity contribution is 9.11. The van der Waals surface area contributed by atoms with Gasteiger partial charge in [0.15, 0.2) is 0 Å². The van der Waals surface area contributed by atoms with Gasteiger partial charge in [0.1, 0.15) is 10.8 Å². The number of benzene rings is 2. The van der Waals surface area contributed by atoms with Gasteiger partial charge in [-0.15, -0.1) is 11.3 Å². The average molecular weight is 439 g/mol. The van der Waals surface area contributed by atoms with Crippen molar-refractivity contribution in [3.63, 3.8) is 0 Å². The van der Waals surface area contributed by atoms with Gasteiger partial charge in [0.2, 0.25) is 0 Å². The Kier molecular flexibility index (Phi) is 4.86. The highest BCUT2D eigenvalue weighted by Crippen LogP contribution is 2.34. The van der Waals surface area contributed by atoms with Gasteiger partial charge in [-0.25, -0.2) is 9.37 Å². The Morgan fingerprint density at radius 1 is 0.909 bits per heavy atom. The number of nitrogens with zero attached hydrogens (tertiary/aromatic N) is 1. The molecular weight excluding hydrogens is 429 g/mol. The first kappa shape index (κ1) is 15.6. The number of aromatic nitrogens is 1. The lowest BCUT2D eigenvalue weighted by Crippen LogP contribution is -1.79. The second kappa shape index (κ2) is 6.86. The summed E-state index contributed by atoms with van der Waals surface area (Å²) in [4.78, 5) is 4.64. The maximum atomic E-state index is 12.9. The molecule has 1 heterocycles.